The fraction of sp³-hybridized carbons (Fsp3) is 0.250. The van der Waals surface area contributed by atoms with Gasteiger partial charge < -0.3 is 15.2 Å². The fourth-order valence-corrected chi connectivity index (χ4v) is 2.89. The summed E-state index contributed by atoms with van der Waals surface area (Å²) >= 11 is 0. The standard InChI is InChI=1S/C20H20N2O5/c1-11-4-7-15(8-5-11)21-18(23)12(2)22-16-10-14(20(25)26)6-9-17(16)27-13(3)19(22)24/h4-10,12-13H,1-3H3,(H,21,23)(H,25,26). The van der Waals surface area contributed by atoms with Crippen LogP contribution in [0.4, 0.5) is 11.4 Å². The zero-order valence-electron chi connectivity index (χ0n) is 15.2. The van der Waals surface area contributed by atoms with Gasteiger partial charge in [0, 0.05) is 5.69 Å². The third kappa shape index (κ3) is 3.62. The van der Waals surface area contributed by atoms with Crippen molar-refractivity contribution in [2.75, 3.05) is 10.2 Å². The van der Waals surface area contributed by atoms with E-state index < -0.39 is 24.0 Å². The number of anilines is 2. The van der Waals surface area contributed by atoms with Crippen molar-refractivity contribution in [1.82, 2.24) is 0 Å². The van der Waals surface area contributed by atoms with Crippen molar-refractivity contribution in [3.8, 4) is 5.75 Å². The Labute approximate surface area is 156 Å². The van der Waals surface area contributed by atoms with Gasteiger partial charge in [0.25, 0.3) is 5.91 Å². The number of carboxylic acids is 1. The van der Waals surface area contributed by atoms with E-state index in [4.69, 9.17) is 4.74 Å². The molecule has 0 spiro atoms. The summed E-state index contributed by atoms with van der Waals surface area (Å²) in [4.78, 5) is 38.0. The lowest BCUT2D eigenvalue weighted by Gasteiger charge is -2.36. The maximum Gasteiger partial charge on any atom is 0.335 e. The second kappa shape index (κ2) is 7.11. The summed E-state index contributed by atoms with van der Waals surface area (Å²) in [6.07, 6.45) is -0.775. The first-order valence-electron chi connectivity index (χ1n) is 8.52. The van der Waals surface area contributed by atoms with Crippen LogP contribution in [0.2, 0.25) is 0 Å². The highest BCUT2D eigenvalue weighted by Crippen LogP contribution is 2.36. The molecule has 7 nitrogen and oxygen atoms in total. The summed E-state index contributed by atoms with van der Waals surface area (Å²) in [5.41, 5.74) is 1.96. The van der Waals surface area contributed by atoms with Gasteiger partial charge in [-0.05, 0) is 51.1 Å². The molecule has 3 rings (SSSR count). The van der Waals surface area contributed by atoms with Gasteiger partial charge in [0.2, 0.25) is 5.91 Å². The predicted octanol–water partition coefficient (Wildman–Crippen LogP) is 2.83. The number of fused-ring (bicyclic) bond motifs is 1. The quantitative estimate of drug-likeness (QED) is 0.865. The topological polar surface area (TPSA) is 95.9 Å². The molecule has 2 amide bonds. The summed E-state index contributed by atoms with van der Waals surface area (Å²) in [6.45, 7) is 5.13. The number of aryl methyl sites for hydroxylation is 1. The summed E-state index contributed by atoms with van der Waals surface area (Å²) in [6, 6.07) is 10.7. The molecule has 0 aliphatic carbocycles. The highest BCUT2D eigenvalue weighted by Gasteiger charge is 2.37. The third-order valence-corrected chi connectivity index (χ3v) is 4.44. The van der Waals surface area contributed by atoms with E-state index in [2.05, 4.69) is 5.32 Å². The van der Waals surface area contributed by atoms with Crippen molar-refractivity contribution in [2.24, 2.45) is 0 Å². The maximum atomic E-state index is 12.7. The van der Waals surface area contributed by atoms with Crippen LogP contribution in [0.3, 0.4) is 0 Å². The number of hydrogen-bond donors (Lipinski definition) is 2. The molecule has 140 valence electrons. The second-order valence-electron chi connectivity index (χ2n) is 6.49. The molecule has 0 saturated heterocycles. The van der Waals surface area contributed by atoms with Gasteiger partial charge in [-0.1, -0.05) is 17.7 Å². The zero-order valence-corrected chi connectivity index (χ0v) is 15.2. The maximum absolute atomic E-state index is 12.7. The van der Waals surface area contributed by atoms with Gasteiger partial charge in [-0.15, -0.1) is 0 Å². The molecule has 2 unspecified atom stereocenters. The van der Waals surface area contributed by atoms with E-state index in [-0.39, 0.29) is 17.2 Å². The Morgan fingerprint density at radius 1 is 1.19 bits per heavy atom. The predicted molar refractivity (Wildman–Crippen MR) is 100 cm³/mol. The number of carbonyl (C=O) groups is 3. The van der Waals surface area contributed by atoms with Gasteiger partial charge in [0.15, 0.2) is 6.10 Å². The van der Waals surface area contributed by atoms with Crippen LogP contribution in [-0.4, -0.2) is 35.0 Å². The van der Waals surface area contributed by atoms with Crippen LogP contribution < -0.4 is 15.0 Å². The van der Waals surface area contributed by atoms with Crippen LogP contribution in [0, 0.1) is 6.92 Å². The van der Waals surface area contributed by atoms with E-state index >= 15 is 0 Å². The number of nitrogens with one attached hydrogen (secondary N) is 1. The van der Waals surface area contributed by atoms with E-state index in [1.165, 1.54) is 23.1 Å². The molecular formula is C20H20N2O5. The molecule has 0 radical (unpaired) electrons. The van der Waals surface area contributed by atoms with Crippen LogP contribution in [0.15, 0.2) is 42.5 Å². The molecule has 2 N–H and O–H groups in total. The van der Waals surface area contributed by atoms with Crippen molar-refractivity contribution in [2.45, 2.75) is 32.9 Å². The van der Waals surface area contributed by atoms with Gasteiger partial charge >= 0.3 is 5.97 Å². The van der Waals surface area contributed by atoms with E-state index in [1.54, 1.807) is 26.0 Å². The Kier molecular flexibility index (Phi) is 4.85. The normalized spacial score (nSPS) is 16.9. The Morgan fingerprint density at radius 2 is 1.85 bits per heavy atom. The molecule has 7 heteroatoms. The number of amides is 2. The van der Waals surface area contributed by atoms with Crippen LogP contribution in [0.5, 0.6) is 5.75 Å². The minimum absolute atomic E-state index is 0.0100. The molecule has 0 saturated carbocycles. The van der Waals surface area contributed by atoms with Crippen LogP contribution in [0.1, 0.15) is 29.8 Å². The van der Waals surface area contributed by atoms with Crippen LogP contribution in [-0.2, 0) is 9.59 Å². The van der Waals surface area contributed by atoms with E-state index in [0.717, 1.165) is 5.56 Å². The molecule has 2 aromatic rings. The van der Waals surface area contributed by atoms with Gasteiger partial charge in [0.05, 0.1) is 11.3 Å². The molecule has 0 bridgehead atoms. The molecule has 0 fully saturated rings. The summed E-state index contributed by atoms with van der Waals surface area (Å²) in [7, 11) is 0. The minimum atomic E-state index is -1.12. The molecule has 1 heterocycles. The van der Waals surface area contributed by atoms with Crippen molar-refractivity contribution in [3.05, 3.63) is 53.6 Å². The number of nitrogens with zero attached hydrogens (tertiary/aromatic N) is 1. The van der Waals surface area contributed by atoms with Crippen molar-refractivity contribution >= 4 is 29.2 Å². The molecule has 0 aromatic heterocycles. The molecule has 2 aromatic carbocycles. The number of hydrogen-bond acceptors (Lipinski definition) is 4. The second-order valence-corrected chi connectivity index (χ2v) is 6.49. The van der Waals surface area contributed by atoms with Crippen molar-refractivity contribution in [1.29, 1.82) is 0 Å². The third-order valence-electron chi connectivity index (χ3n) is 4.44. The molecule has 1 aliphatic rings. The summed E-state index contributed by atoms with van der Waals surface area (Å²) < 4.78 is 5.55. The lowest BCUT2D eigenvalue weighted by atomic mass is 10.1. The first kappa shape index (κ1) is 18.4. The molecule has 2 atom stereocenters. The average molecular weight is 368 g/mol. The van der Waals surface area contributed by atoms with Gasteiger partial charge in [0.1, 0.15) is 11.8 Å². The van der Waals surface area contributed by atoms with Crippen molar-refractivity contribution in [3.63, 3.8) is 0 Å². The lowest BCUT2D eigenvalue weighted by molar-refractivity contribution is -0.128. The number of benzene rings is 2. The lowest BCUT2D eigenvalue weighted by Crippen LogP contribution is -2.52. The molecule has 1 aliphatic heterocycles. The van der Waals surface area contributed by atoms with Crippen LogP contribution in [0.25, 0.3) is 0 Å². The Balaban J connectivity index is 1.92. The van der Waals surface area contributed by atoms with Gasteiger partial charge in [-0.25, -0.2) is 4.79 Å². The number of aromatic carboxylic acids is 1. The largest absolute Gasteiger partial charge is 0.479 e. The SMILES string of the molecule is Cc1ccc(NC(=O)C(C)N2C(=O)C(C)Oc3ccc(C(=O)O)cc32)cc1. The highest BCUT2D eigenvalue weighted by atomic mass is 16.5. The summed E-state index contributed by atoms with van der Waals surface area (Å²) in [5.74, 6) is -1.55. The monoisotopic (exact) mass is 368 g/mol. The van der Waals surface area contributed by atoms with E-state index in [1.807, 2.05) is 19.1 Å². The van der Waals surface area contributed by atoms with E-state index in [0.29, 0.717) is 11.4 Å². The highest BCUT2D eigenvalue weighted by molar-refractivity contribution is 6.08. The number of rotatable bonds is 4. The zero-order chi connectivity index (χ0) is 19.7. The molecule has 27 heavy (non-hydrogen) atoms. The summed E-state index contributed by atoms with van der Waals surface area (Å²) in [5, 5.41) is 12.0. The van der Waals surface area contributed by atoms with Crippen molar-refractivity contribution < 1.29 is 24.2 Å². The minimum Gasteiger partial charge on any atom is -0.479 e. The van der Waals surface area contributed by atoms with E-state index in [9.17, 15) is 19.5 Å². The van der Waals surface area contributed by atoms with Crippen LogP contribution >= 0.6 is 0 Å². The first-order valence-corrected chi connectivity index (χ1v) is 8.52. The number of ether oxygens (including phenoxy) is 1. The van der Waals surface area contributed by atoms with Gasteiger partial charge in [-0.3, -0.25) is 14.5 Å². The fourth-order valence-electron chi connectivity index (χ4n) is 2.89. The molecular weight excluding hydrogens is 348 g/mol. The Morgan fingerprint density at radius 3 is 2.48 bits per heavy atom. The number of carbonyl (C=O) groups excluding carboxylic acids is 2. The Hall–Kier alpha value is -3.35. The average Bonchev–Trinajstić information content (AvgIpc) is 2.63. The number of carboxylic acid groups (broad SMARTS) is 1. The first-order chi connectivity index (χ1) is 12.8. The Bertz CT molecular complexity index is 907. The smallest absolute Gasteiger partial charge is 0.335 e. The van der Waals surface area contributed by atoms with Gasteiger partial charge in [-0.2, -0.15) is 0 Å².